The van der Waals surface area contributed by atoms with Crippen LogP contribution in [0.25, 0.3) is 0 Å². The Hall–Kier alpha value is -0.0400. The monoisotopic (exact) mass is 193 g/mol. The Morgan fingerprint density at radius 1 is 0.929 bits per heavy atom. The van der Waals surface area contributed by atoms with Crippen molar-refractivity contribution < 1.29 is 0 Å². The SMILES string of the molecule is CC1CCN(C2CC3CCC2C3)CC1. The quantitative estimate of drug-likeness (QED) is 0.619. The number of rotatable bonds is 1. The van der Waals surface area contributed by atoms with Gasteiger partial charge in [-0.2, -0.15) is 0 Å². The summed E-state index contributed by atoms with van der Waals surface area (Å²) >= 11 is 0. The minimum atomic E-state index is 0.991. The van der Waals surface area contributed by atoms with Crippen molar-refractivity contribution in [2.75, 3.05) is 13.1 Å². The summed E-state index contributed by atoms with van der Waals surface area (Å²) in [6.45, 7) is 5.21. The highest BCUT2D eigenvalue weighted by Crippen LogP contribution is 2.47. The lowest BCUT2D eigenvalue weighted by Crippen LogP contribution is -2.43. The molecule has 0 spiro atoms. The highest BCUT2D eigenvalue weighted by Gasteiger charge is 2.42. The van der Waals surface area contributed by atoms with E-state index in [2.05, 4.69) is 11.8 Å². The van der Waals surface area contributed by atoms with Gasteiger partial charge >= 0.3 is 0 Å². The third-order valence-electron chi connectivity index (χ3n) is 4.99. The van der Waals surface area contributed by atoms with Crippen LogP contribution in [0.3, 0.4) is 0 Å². The minimum absolute atomic E-state index is 0.991. The van der Waals surface area contributed by atoms with Gasteiger partial charge in [0.25, 0.3) is 0 Å². The van der Waals surface area contributed by atoms with Crippen molar-refractivity contribution in [1.29, 1.82) is 0 Å². The molecule has 1 heteroatoms. The van der Waals surface area contributed by atoms with Crippen molar-refractivity contribution in [3.63, 3.8) is 0 Å². The van der Waals surface area contributed by atoms with Gasteiger partial charge in [-0.15, -0.1) is 0 Å². The van der Waals surface area contributed by atoms with Gasteiger partial charge in [-0.1, -0.05) is 13.3 Å². The molecule has 1 heterocycles. The molecule has 80 valence electrons. The molecule has 0 amide bonds. The minimum Gasteiger partial charge on any atom is -0.300 e. The molecule has 0 radical (unpaired) electrons. The van der Waals surface area contributed by atoms with E-state index in [1.54, 1.807) is 25.7 Å². The van der Waals surface area contributed by atoms with E-state index in [1.165, 1.54) is 25.9 Å². The van der Waals surface area contributed by atoms with Crippen LogP contribution in [0.5, 0.6) is 0 Å². The molecule has 1 aliphatic heterocycles. The summed E-state index contributed by atoms with van der Waals surface area (Å²) in [6.07, 6.45) is 9.10. The zero-order chi connectivity index (χ0) is 9.54. The fourth-order valence-electron chi connectivity index (χ4n) is 4.02. The van der Waals surface area contributed by atoms with Crippen molar-refractivity contribution in [3.8, 4) is 0 Å². The molecule has 3 unspecified atom stereocenters. The predicted molar refractivity (Wildman–Crippen MR) is 59.2 cm³/mol. The molecule has 2 saturated carbocycles. The molecule has 3 rings (SSSR count). The van der Waals surface area contributed by atoms with Gasteiger partial charge in [0.1, 0.15) is 0 Å². The number of piperidine rings is 1. The van der Waals surface area contributed by atoms with Gasteiger partial charge in [-0.25, -0.2) is 0 Å². The summed E-state index contributed by atoms with van der Waals surface area (Å²) in [6, 6.07) is 1.00. The second-order valence-corrected chi connectivity index (χ2v) is 5.96. The van der Waals surface area contributed by atoms with E-state index in [0.717, 1.165) is 23.8 Å². The standard InChI is InChI=1S/C13H23N/c1-10-4-6-14(7-5-10)13-9-11-2-3-12(13)8-11/h10-13H,2-9H2,1H3. The summed E-state index contributed by atoms with van der Waals surface area (Å²) in [5.74, 6) is 3.20. The molecule has 0 aromatic rings. The third-order valence-corrected chi connectivity index (χ3v) is 4.99. The molecule has 2 bridgehead atoms. The normalized spacial score (nSPS) is 44.8. The predicted octanol–water partition coefficient (Wildman–Crippen LogP) is 2.91. The van der Waals surface area contributed by atoms with E-state index in [0.29, 0.717) is 0 Å². The fourth-order valence-corrected chi connectivity index (χ4v) is 4.02. The summed E-state index contributed by atoms with van der Waals surface area (Å²) in [4.78, 5) is 2.82. The second-order valence-electron chi connectivity index (χ2n) is 5.96. The van der Waals surface area contributed by atoms with E-state index in [9.17, 15) is 0 Å². The zero-order valence-corrected chi connectivity index (χ0v) is 9.41. The van der Waals surface area contributed by atoms with Crippen LogP contribution in [0, 0.1) is 17.8 Å². The van der Waals surface area contributed by atoms with Crippen LogP contribution in [0.2, 0.25) is 0 Å². The Bertz CT molecular complexity index is 205. The van der Waals surface area contributed by atoms with Crippen LogP contribution in [0.4, 0.5) is 0 Å². The maximum Gasteiger partial charge on any atom is 0.0126 e. The Morgan fingerprint density at radius 2 is 1.71 bits per heavy atom. The van der Waals surface area contributed by atoms with E-state index >= 15 is 0 Å². The van der Waals surface area contributed by atoms with E-state index in [4.69, 9.17) is 0 Å². The summed E-state index contributed by atoms with van der Waals surface area (Å²) in [5, 5.41) is 0. The Labute approximate surface area is 87.9 Å². The smallest absolute Gasteiger partial charge is 0.0126 e. The molecule has 2 aliphatic carbocycles. The van der Waals surface area contributed by atoms with Gasteiger partial charge in [0, 0.05) is 6.04 Å². The first-order valence-electron chi connectivity index (χ1n) is 6.57. The van der Waals surface area contributed by atoms with E-state index in [1.807, 2.05) is 0 Å². The fraction of sp³-hybridized carbons (Fsp3) is 1.00. The van der Waals surface area contributed by atoms with E-state index in [-0.39, 0.29) is 0 Å². The molecule has 14 heavy (non-hydrogen) atoms. The maximum absolute atomic E-state index is 2.82. The zero-order valence-electron chi connectivity index (χ0n) is 9.41. The van der Waals surface area contributed by atoms with Gasteiger partial charge in [0.15, 0.2) is 0 Å². The first kappa shape index (κ1) is 9.21. The Balaban J connectivity index is 1.61. The van der Waals surface area contributed by atoms with Crippen LogP contribution in [0.15, 0.2) is 0 Å². The molecule has 3 atom stereocenters. The summed E-state index contributed by atoms with van der Waals surface area (Å²) in [7, 11) is 0. The molecule has 1 nitrogen and oxygen atoms in total. The van der Waals surface area contributed by atoms with Crippen molar-refractivity contribution in [2.45, 2.75) is 51.5 Å². The van der Waals surface area contributed by atoms with Gasteiger partial charge in [0.2, 0.25) is 0 Å². The Morgan fingerprint density at radius 3 is 2.29 bits per heavy atom. The highest BCUT2D eigenvalue weighted by molar-refractivity contribution is 4.96. The van der Waals surface area contributed by atoms with Crippen LogP contribution >= 0.6 is 0 Å². The lowest BCUT2D eigenvalue weighted by atomic mass is 9.90. The lowest BCUT2D eigenvalue weighted by molar-refractivity contribution is 0.101. The average Bonchev–Trinajstić information content (AvgIpc) is 2.80. The number of fused-ring (bicyclic) bond motifs is 2. The van der Waals surface area contributed by atoms with Crippen molar-refractivity contribution >= 4 is 0 Å². The van der Waals surface area contributed by atoms with Crippen LogP contribution in [-0.2, 0) is 0 Å². The molecule has 0 aromatic heterocycles. The molecule has 1 saturated heterocycles. The largest absolute Gasteiger partial charge is 0.300 e. The van der Waals surface area contributed by atoms with Gasteiger partial charge in [-0.3, -0.25) is 0 Å². The first-order chi connectivity index (χ1) is 6.83. The molecule has 3 aliphatic rings. The Kier molecular flexibility index (Phi) is 2.31. The van der Waals surface area contributed by atoms with Gasteiger partial charge in [0.05, 0.1) is 0 Å². The molecular formula is C13H23N. The van der Waals surface area contributed by atoms with Crippen LogP contribution in [-0.4, -0.2) is 24.0 Å². The van der Waals surface area contributed by atoms with E-state index < -0.39 is 0 Å². The van der Waals surface area contributed by atoms with Crippen LogP contribution in [0.1, 0.15) is 45.4 Å². The molecular weight excluding hydrogens is 170 g/mol. The van der Waals surface area contributed by atoms with Crippen molar-refractivity contribution in [2.24, 2.45) is 17.8 Å². The van der Waals surface area contributed by atoms with Crippen molar-refractivity contribution in [1.82, 2.24) is 4.90 Å². The topological polar surface area (TPSA) is 3.24 Å². The van der Waals surface area contributed by atoms with Crippen LogP contribution < -0.4 is 0 Å². The number of hydrogen-bond donors (Lipinski definition) is 0. The molecule has 0 N–H and O–H groups in total. The third kappa shape index (κ3) is 1.50. The molecule has 0 aromatic carbocycles. The number of hydrogen-bond acceptors (Lipinski definition) is 1. The second kappa shape index (κ2) is 3.52. The number of nitrogens with zero attached hydrogens (tertiary/aromatic N) is 1. The lowest BCUT2D eigenvalue weighted by Gasteiger charge is -2.38. The number of likely N-dealkylation sites (tertiary alicyclic amines) is 1. The van der Waals surface area contributed by atoms with Gasteiger partial charge in [-0.05, 0) is 62.9 Å². The van der Waals surface area contributed by atoms with Gasteiger partial charge < -0.3 is 4.90 Å². The highest BCUT2D eigenvalue weighted by atomic mass is 15.2. The summed E-state index contributed by atoms with van der Waals surface area (Å²) in [5.41, 5.74) is 0. The first-order valence-corrected chi connectivity index (χ1v) is 6.57. The summed E-state index contributed by atoms with van der Waals surface area (Å²) < 4.78 is 0. The maximum atomic E-state index is 2.82. The average molecular weight is 193 g/mol. The van der Waals surface area contributed by atoms with Crippen molar-refractivity contribution in [3.05, 3.63) is 0 Å². The molecule has 3 fully saturated rings.